The number of aryl methyl sites for hydroxylation is 1. The minimum absolute atomic E-state index is 0.789. The Labute approximate surface area is 94.9 Å². The van der Waals surface area contributed by atoms with Gasteiger partial charge in [-0.25, -0.2) is 4.68 Å². The molecule has 0 fully saturated rings. The minimum Gasteiger partial charge on any atom is -0.399 e. The number of fused-ring (bicyclic) bond motifs is 1. The number of nitrogens with two attached hydrogens (primary N) is 1. The zero-order valence-corrected chi connectivity index (χ0v) is 9.19. The fourth-order valence-electron chi connectivity index (χ4n) is 2.37. The summed E-state index contributed by atoms with van der Waals surface area (Å²) in [6.07, 6.45) is 6.84. The second-order valence-electron chi connectivity index (χ2n) is 4.33. The van der Waals surface area contributed by atoms with Crippen LogP contribution >= 0.6 is 0 Å². The van der Waals surface area contributed by atoms with Crippen molar-refractivity contribution in [1.29, 1.82) is 0 Å². The lowest BCUT2D eigenvalue weighted by Crippen LogP contribution is -2.07. The van der Waals surface area contributed by atoms with Crippen LogP contribution in [0.2, 0.25) is 0 Å². The van der Waals surface area contributed by atoms with E-state index in [1.165, 1.54) is 24.1 Å². The molecule has 1 aromatic carbocycles. The third-order valence-electron chi connectivity index (χ3n) is 3.18. The number of benzene rings is 1. The van der Waals surface area contributed by atoms with Crippen LogP contribution in [0, 0.1) is 0 Å². The van der Waals surface area contributed by atoms with Gasteiger partial charge in [0.15, 0.2) is 0 Å². The van der Waals surface area contributed by atoms with Gasteiger partial charge in [0.2, 0.25) is 0 Å². The molecule has 0 bridgehead atoms. The maximum absolute atomic E-state index is 5.80. The number of rotatable bonds is 1. The van der Waals surface area contributed by atoms with Crippen LogP contribution in [-0.4, -0.2) is 9.78 Å². The minimum atomic E-state index is 0.789. The Bertz CT molecular complexity index is 514. The van der Waals surface area contributed by atoms with Crippen molar-refractivity contribution in [3.8, 4) is 5.69 Å². The third kappa shape index (κ3) is 1.48. The molecule has 82 valence electrons. The first kappa shape index (κ1) is 9.46. The average molecular weight is 213 g/mol. The molecule has 1 aliphatic carbocycles. The Morgan fingerprint density at radius 1 is 1.19 bits per heavy atom. The summed E-state index contributed by atoms with van der Waals surface area (Å²) in [4.78, 5) is 0. The van der Waals surface area contributed by atoms with Gasteiger partial charge in [0.1, 0.15) is 0 Å². The third-order valence-corrected chi connectivity index (χ3v) is 3.18. The van der Waals surface area contributed by atoms with Crippen molar-refractivity contribution in [1.82, 2.24) is 9.78 Å². The van der Waals surface area contributed by atoms with Gasteiger partial charge in [-0.15, -0.1) is 0 Å². The molecule has 3 rings (SSSR count). The molecule has 1 aliphatic rings. The van der Waals surface area contributed by atoms with Crippen LogP contribution in [-0.2, 0) is 12.8 Å². The number of nitrogens with zero attached hydrogens (tertiary/aromatic N) is 2. The summed E-state index contributed by atoms with van der Waals surface area (Å²) in [5, 5.41) is 4.47. The van der Waals surface area contributed by atoms with Gasteiger partial charge < -0.3 is 5.73 Å². The molecule has 1 aromatic heterocycles. The van der Waals surface area contributed by atoms with Gasteiger partial charge in [-0.05, 0) is 49.4 Å². The average Bonchev–Trinajstić information content (AvgIpc) is 2.72. The predicted molar refractivity (Wildman–Crippen MR) is 64.6 cm³/mol. The van der Waals surface area contributed by atoms with Crippen molar-refractivity contribution in [2.75, 3.05) is 5.73 Å². The van der Waals surface area contributed by atoms with Gasteiger partial charge in [0.05, 0.1) is 11.9 Å². The first-order chi connectivity index (χ1) is 7.84. The van der Waals surface area contributed by atoms with Crippen LogP contribution in [0.5, 0.6) is 0 Å². The first-order valence-corrected chi connectivity index (χ1v) is 5.76. The molecule has 0 saturated carbocycles. The molecular weight excluding hydrogens is 198 g/mol. The van der Waals surface area contributed by atoms with Gasteiger partial charge in [-0.3, -0.25) is 0 Å². The van der Waals surface area contributed by atoms with E-state index in [1.807, 2.05) is 29.1 Å². The van der Waals surface area contributed by atoms with E-state index in [1.54, 1.807) is 0 Å². The summed E-state index contributed by atoms with van der Waals surface area (Å²) >= 11 is 0. The zero-order valence-electron chi connectivity index (χ0n) is 9.19. The Balaban J connectivity index is 2.09. The summed E-state index contributed by atoms with van der Waals surface area (Å²) in [5.74, 6) is 0. The number of anilines is 1. The number of aromatic nitrogens is 2. The second-order valence-corrected chi connectivity index (χ2v) is 4.33. The molecule has 0 spiro atoms. The van der Waals surface area contributed by atoms with Crippen molar-refractivity contribution in [2.24, 2.45) is 0 Å². The molecule has 16 heavy (non-hydrogen) atoms. The standard InChI is InChI=1S/C13H15N3/c14-11-5-3-6-12(8-11)16-13-7-2-1-4-10(13)9-15-16/h3,5-6,8-9H,1-2,4,7,14H2. The summed E-state index contributed by atoms with van der Waals surface area (Å²) in [7, 11) is 0. The first-order valence-electron chi connectivity index (χ1n) is 5.76. The van der Waals surface area contributed by atoms with Crippen LogP contribution < -0.4 is 5.73 Å². The topological polar surface area (TPSA) is 43.8 Å². The molecule has 3 nitrogen and oxygen atoms in total. The van der Waals surface area contributed by atoms with Gasteiger partial charge in [-0.2, -0.15) is 5.10 Å². The Morgan fingerprint density at radius 3 is 2.94 bits per heavy atom. The molecule has 2 N–H and O–H groups in total. The van der Waals surface area contributed by atoms with E-state index in [0.29, 0.717) is 0 Å². The Morgan fingerprint density at radius 2 is 2.06 bits per heavy atom. The van der Waals surface area contributed by atoms with Crippen molar-refractivity contribution < 1.29 is 0 Å². The van der Waals surface area contributed by atoms with Crippen LogP contribution in [0.1, 0.15) is 24.1 Å². The summed E-state index contributed by atoms with van der Waals surface area (Å²) in [6.45, 7) is 0. The molecule has 0 atom stereocenters. The molecule has 3 heteroatoms. The highest BCUT2D eigenvalue weighted by molar-refractivity contribution is 5.48. The molecule has 0 amide bonds. The Hall–Kier alpha value is -1.77. The highest BCUT2D eigenvalue weighted by Gasteiger charge is 2.15. The van der Waals surface area contributed by atoms with Crippen molar-refractivity contribution >= 4 is 5.69 Å². The van der Waals surface area contributed by atoms with E-state index in [4.69, 9.17) is 5.73 Å². The summed E-state index contributed by atoms with van der Waals surface area (Å²) < 4.78 is 2.03. The van der Waals surface area contributed by atoms with Crippen LogP contribution in [0.4, 0.5) is 5.69 Å². The van der Waals surface area contributed by atoms with E-state index >= 15 is 0 Å². The highest BCUT2D eigenvalue weighted by Crippen LogP contribution is 2.23. The van der Waals surface area contributed by atoms with Gasteiger partial charge in [0, 0.05) is 11.4 Å². The van der Waals surface area contributed by atoms with Gasteiger partial charge in [-0.1, -0.05) is 6.07 Å². The van der Waals surface area contributed by atoms with Crippen molar-refractivity contribution in [2.45, 2.75) is 25.7 Å². The molecule has 0 saturated heterocycles. The largest absolute Gasteiger partial charge is 0.399 e. The van der Waals surface area contributed by atoms with Gasteiger partial charge in [0.25, 0.3) is 0 Å². The molecule has 0 unspecified atom stereocenters. The van der Waals surface area contributed by atoms with Gasteiger partial charge >= 0.3 is 0 Å². The fraction of sp³-hybridized carbons (Fsp3) is 0.308. The van der Waals surface area contributed by atoms with E-state index in [9.17, 15) is 0 Å². The second kappa shape index (κ2) is 3.67. The number of hydrogen-bond acceptors (Lipinski definition) is 2. The quantitative estimate of drug-likeness (QED) is 0.739. The lowest BCUT2D eigenvalue weighted by atomic mass is 9.98. The predicted octanol–water partition coefficient (Wildman–Crippen LogP) is 2.33. The fourth-order valence-corrected chi connectivity index (χ4v) is 2.37. The Kier molecular flexibility index (Phi) is 2.17. The number of hydrogen-bond donors (Lipinski definition) is 1. The van der Waals surface area contributed by atoms with Crippen molar-refractivity contribution in [3.63, 3.8) is 0 Å². The lowest BCUT2D eigenvalue weighted by molar-refractivity contribution is 0.653. The SMILES string of the molecule is Nc1cccc(-n2ncc3c2CCCC3)c1. The van der Waals surface area contributed by atoms with Crippen LogP contribution in [0.3, 0.4) is 0 Å². The van der Waals surface area contributed by atoms with E-state index in [2.05, 4.69) is 11.2 Å². The normalized spacial score (nSPS) is 14.8. The zero-order chi connectivity index (χ0) is 11.0. The van der Waals surface area contributed by atoms with Crippen molar-refractivity contribution in [3.05, 3.63) is 41.7 Å². The number of nitrogen functional groups attached to an aromatic ring is 1. The maximum atomic E-state index is 5.80. The van der Waals surface area contributed by atoms with E-state index < -0.39 is 0 Å². The monoisotopic (exact) mass is 213 g/mol. The molecule has 0 radical (unpaired) electrons. The molecular formula is C13H15N3. The van der Waals surface area contributed by atoms with E-state index in [-0.39, 0.29) is 0 Å². The lowest BCUT2D eigenvalue weighted by Gasteiger charge is -2.13. The molecule has 0 aliphatic heterocycles. The highest BCUT2D eigenvalue weighted by atomic mass is 15.3. The molecule has 2 aromatic rings. The molecule has 1 heterocycles. The smallest absolute Gasteiger partial charge is 0.0669 e. The summed E-state index contributed by atoms with van der Waals surface area (Å²) in [6, 6.07) is 7.90. The van der Waals surface area contributed by atoms with Crippen LogP contribution in [0.15, 0.2) is 30.5 Å². The van der Waals surface area contributed by atoms with E-state index in [0.717, 1.165) is 24.2 Å². The summed E-state index contributed by atoms with van der Waals surface area (Å²) in [5.41, 5.74) is 10.4. The maximum Gasteiger partial charge on any atom is 0.0669 e. The van der Waals surface area contributed by atoms with Crippen LogP contribution in [0.25, 0.3) is 5.69 Å².